The molecule has 3 aromatic rings. The molecule has 0 radical (unpaired) electrons. The molecular formula is C13H10BrN3. The van der Waals surface area contributed by atoms with Crippen molar-refractivity contribution in [3.63, 3.8) is 0 Å². The first-order valence-electron chi connectivity index (χ1n) is 5.33. The van der Waals surface area contributed by atoms with Gasteiger partial charge in [0.2, 0.25) is 0 Å². The molecule has 3 aromatic heterocycles. The molecule has 0 aromatic carbocycles. The average Bonchev–Trinajstić information content (AvgIpc) is 2.69. The van der Waals surface area contributed by atoms with Crippen molar-refractivity contribution in [1.29, 1.82) is 0 Å². The summed E-state index contributed by atoms with van der Waals surface area (Å²) >= 11 is 3.56. The lowest BCUT2D eigenvalue weighted by Gasteiger charge is -2.03. The number of rotatable bonds is 2. The Hall–Kier alpha value is -1.68. The topological polar surface area (TPSA) is 30.7 Å². The van der Waals surface area contributed by atoms with E-state index in [0.717, 1.165) is 22.2 Å². The van der Waals surface area contributed by atoms with Crippen molar-refractivity contribution in [3.05, 3.63) is 59.2 Å². The molecule has 0 fully saturated rings. The zero-order valence-electron chi connectivity index (χ0n) is 9.05. The number of pyridine rings is 2. The first kappa shape index (κ1) is 10.5. The molecular weight excluding hydrogens is 278 g/mol. The Kier molecular flexibility index (Phi) is 2.65. The molecule has 0 spiro atoms. The number of hydrogen-bond donors (Lipinski definition) is 0. The van der Waals surface area contributed by atoms with Crippen LogP contribution < -0.4 is 0 Å². The zero-order valence-corrected chi connectivity index (χ0v) is 10.6. The van der Waals surface area contributed by atoms with Gasteiger partial charge in [-0.3, -0.25) is 9.97 Å². The molecule has 0 bridgehead atoms. The summed E-state index contributed by atoms with van der Waals surface area (Å²) < 4.78 is 3.24. The molecule has 0 unspecified atom stereocenters. The van der Waals surface area contributed by atoms with Crippen molar-refractivity contribution in [2.75, 3.05) is 0 Å². The van der Waals surface area contributed by atoms with Crippen molar-refractivity contribution >= 4 is 26.8 Å². The van der Waals surface area contributed by atoms with E-state index in [-0.39, 0.29) is 0 Å². The van der Waals surface area contributed by atoms with Gasteiger partial charge >= 0.3 is 0 Å². The van der Waals surface area contributed by atoms with Gasteiger partial charge in [0.15, 0.2) is 0 Å². The maximum Gasteiger partial charge on any atom is 0.0682 e. The largest absolute Gasteiger partial charge is 0.339 e. The van der Waals surface area contributed by atoms with E-state index in [9.17, 15) is 0 Å². The van der Waals surface area contributed by atoms with Crippen LogP contribution >= 0.6 is 15.9 Å². The number of fused-ring (bicyclic) bond motifs is 1. The van der Waals surface area contributed by atoms with Crippen LogP contribution in [0.4, 0.5) is 0 Å². The Bertz CT molecular complexity index is 646. The minimum absolute atomic E-state index is 0.759. The number of halogens is 1. The quantitative estimate of drug-likeness (QED) is 0.724. The summed E-state index contributed by atoms with van der Waals surface area (Å²) in [6.07, 6.45) is 7.57. The first-order valence-corrected chi connectivity index (χ1v) is 6.12. The molecule has 84 valence electrons. The Morgan fingerprint density at radius 3 is 2.94 bits per heavy atom. The minimum Gasteiger partial charge on any atom is -0.339 e. The summed E-state index contributed by atoms with van der Waals surface area (Å²) in [6, 6.07) is 7.96. The van der Waals surface area contributed by atoms with E-state index in [0.29, 0.717) is 0 Å². The summed E-state index contributed by atoms with van der Waals surface area (Å²) in [6.45, 7) is 0.759. The normalized spacial score (nSPS) is 10.9. The lowest BCUT2D eigenvalue weighted by Crippen LogP contribution is -1.99. The van der Waals surface area contributed by atoms with Gasteiger partial charge in [0.1, 0.15) is 0 Å². The maximum atomic E-state index is 4.33. The van der Waals surface area contributed by atoms with Crippen LogP contribution in [0, 0.1) is 0 Å². The highest BCUT2D eigenvalue weighted by molar-refractivity contribution is 9.10. The lowest BCUT2D eigenvalue weighted by molar-refractivity contribution is 0.805. The third kappa shape index (κ3) is 1.96. The Morgan fingerprint density at radius 2 is 2.12 bits per heavy atom. The predicted octanol–water partition coefficient (Wildman–Crippen LogP) is 3.24. The van der Waals surface area contributed by atoms with Crippen LogP contribution in [0.2, 0.25) is 0 Å². The fourth-order valence-electron chi connectivity index (χ4n) is 1.89. The first-order chi connectivity index (χ1) is 8.34. The molecule has 17 heavy (non-hydrogen) atoms. The monoisotopic (exact) mass is 287 g/mol. The zero-order chi connectivity index (χ0) is 11.7. The summed E-state index contributed by atoms with van der Waals surface area (Å²) in [5.41, 5.74) is 2.16. The molecule has 0 N–H and O–H groups in total. The predicted molar refractivity (Wildman–Crippen MR) is 70.8 cm³/mol. The maximum absolute atomic E-state index is 4.33. The third-order valence-corrected chi connectivity index (χ3v) is 3.33. The van der Waals surface area contributed by atoms with Gasteiger partial charge in [-0.05, 0) is 34.1 Å². The van der Waals surface area contributed by atoms with Crippen LogP contribution in [0.25, 0.3) is 10.9 Å². The molecule has 0 saturated heterocycles. The summed E-state index contributed by atoms with van der Waals surface area (Å²) in [5.74, 6) is 0. The summed E-state index contributed by atoms with van der Waals surface area (Å²) in [5, 5.41) is 1.18. The molecule has 0 saturated carbocycles. The van der Waals surface area contributed by atoms with Crippen LogP contribution in [0.3, 0.4) is 0 Å². The second-order valence-electron chi connectivity index (χ2n) is 3.82. The Balaban J connectivity index is 2.07. The molecule has 0 amide bonds. The van der Waals surface area contributed by atoms with Gasteiger partial charge in [-0.15, -0.1) is 0 Å². The van der Waals surface area contributed by atoms with Gasteiger partial charge in [-0.25, -0.2) is 0 Å². The van der Waals surface area contributed by atoms with Crippen molar-refractivity contribution in [1.82, 2.24) is 14.5 Å². The molecule has 0 atom stereocenters. The standard InChI is InChI=1S/C13H10BrN3/c14-12-9-17(8-10-3-1-2-5-16-10)13-7-15-6-4-11(12)13/h1-7,9H,8H2. The second kappa shape index (κ2) is 4.30. The Labute approximate surface area is 107 Å². The van der Waals surface area contributed by atoms with Gasteiger partial charge in [-0.2, -0.15) is 0 Å². The van der Waals surface area contributed by atoms with Crippen LogP contribution in [-0.4, -0.2) is 14.5 Å². The van der Waals surface area contributed by atoms with E-state index in [1.54, 1.807) is 6.20 Å². The van der Waals surface area contributed by atoms with E-state index in [1.807, 2.05) is 36.7 Å². The van der Waals surface area contributed by atoms with Gasteiger partial charge in [0, 0.05) is 28.4 Å². The van der Waals surface area contributed by atoms with E-state index < -0.39 is 0 Å². The summed E-state index contributed by atoms with van der Waals surface area (Å²) in [7, 11) is 0. The molecule has 0 aliphatic heterocycles. The highest BCUT2D eigenvalue weighted by atomic mass is 79.9. The van der Waals surface area contributed by atoms with Gasteiger partial charge < -0.3 is 4.57 Å². The highest BCUT2D eigenvalue weighted by Crippen LogP contribution is 2.25. The SMILES string of the molecule is Brc1cn(Cc2ccccn2)c2cnccc12. The minimum atomic E-state index is 0.759. The van der Waals surface area contributed by atoms with Crippen LogP contribution in [0.1, 0.15) is 5.69 Å². The lowest BCUT2D eigenvalue weighted by atomic mass is 10.3. The van der Waals surface area contributed by atoms with Gasteiger partial charge in [0.25, 0.3) is 0 Å². The van der Waals surface area contributed by atoms with Crippen LogP contribution in [0.15, 0.2) is 53.5 Å². The molecule has 3 nitrogen and oxygen atoms in total. The van der Waals surface area contributed by atoms with Crippen molar-refractivity contribution in [2.45, 2.75) is 6.54 Å². The van der Waals surface area contributed by atoms with Gasteiger partial charge in [-0.1, -0.05) is 6.07 Å². The van der Waals surface area contributed by atoms with Crippen molar-refractivity contribution in [3.8, 4) is 0 Å². The second-order valence-corrected chi connectivity index (χ2v) is 4.67. The van der Waals surface area contributed by atoms with Gasteiger partial charge in [0.05, 0.1) is 24.0 Å². The fourth-order valence-corrected chi connectivity index (χ4v) is 2.47. The van der Waals surface area contributed by atoms with E-state index >= 15 is 0 Å². The van der Waals surface area contributed by atoms with Crippen LogP contribution in [-0.2, 0) is 6.54 Å². The van der Waals surface area contributed by atoms with E-state index in [1.165, 1.54) is 5.39 Å². The summed E-state index contributed by atoms with van der Waals surface area (Å²) in [4.78, 5) is 8.50. The van der Waals surface area contributed by atoms with Crippen molar-refractivity contribution < 1.29 is 0 Å². The highest BCUT2D eigenvalue weighted by Gasteiger charge is 2.06. The Morgan fingerprint density at radius 1 is 1.18 bits per heavy atom. The van der Waals surface area contributed by atoms with Crippen LogP contribution in [0.5, 0.6) is 0 Å². The van der Waals surface area contributed by atoms with Crippen molar-refractivity contribution in [2.24, 2.45) is 0 Å². The average molecular weight is 288 g/mol. The molecule has 3 heterocycles. The number of nitrogens with zero attached hydrogens (tertiary/aromatic N) is 3. The fraction of sp³-hybridized carbons (Fsp3) is 0.0769. The number of aromatic nitrogens is 3. The van der Waals surface area contributed by atoms with E-state index in [4.69, 9.17) is 0 Å². The third-order valence-electron chi connectivity index (χ3n) is 2.69. The molecule has 0 aliphatic rings. The number of hydrogen-bond acceptors (Lipinski definition) is 2. The molecule has 3 rings (SSSR count). The smallest absolute Gasteiger partial charge is 0.0682 e. The molecule has 4 heteroatoms. The van der Waals surface area contributed by atoms with E-state index in [2.05, 4.69) is 36.7 Å². The molecule has 0 aliphatic carbocycles.